The Bertz CT molecular complexity index is 321. The number of rotatable bonds is 2. The molecule has 2 rings (SSSR count). The highest BCUT2D eigenvalue weighted by Gasteiger charge is 2.19. The number of nitrogens with one attached hydrogen (secondary N) is 1. The number of carboxylic acid groups (broad SMARTS) is 1. The maximum Gasteiger partial charge on any atom is 0.358 e. The van der Waals surface area contributed by atoms with Crippen LogP contribution in [-0.4, -0.2) is 39.2 Å². The van der Waals surface area contributed by atoms with Crippen LogP contribution in [0.1, 0.15) is 23.0 Å². The Balaban J connectivity index is 0.000000980. The van der Waals surface area contributed by atoms with Crippen LogP contribution in [0.3, 0.4) is 0 Å². The molecule has 1 aliphatic rings. The summed E-state index contributed by atoms with van der Waals surface area (Å²) in [5, 5.41) is 19.1. The summed E-state index contributed by atoms with van der Waals surface area (Å²) in [6.45, 7) is 1.79. The molecule has 0 radical (unpaired) electrons. The number of aromatic nitrogens is 3. The number of halogens is 1. The van der Waals surface area contributed by atoms with Crippen LogP contribution in [0.25, 0.3) is 0 Å². The van der Waals surface area contributed by atoms with Gasteiger partial charge in [-0.2, -0.15) is 0 Å². The number of hydrogen-bond donors (Lipinski definition) is 2. The third-order valence-corrected chi connectivity index (χ3v) is 2.14. The molecule has 1 unspecified atom stereocenters. The van der Waals surface area contributed by atoms with Gasteiger partial charge in [0.25, 0.3) is 0 Å². The van der Waals surface area contributed by atoms with E-state index in [0.29, 0.717) is 0 Å². The van der Waals surface area contributed by atoms with Gasteiger partial charge in [0.2, 0.25) is 0 Å². The molecule has 0 spiro atoms. The second kappa shape index (κ2) is 4.39. The monoisotopic (exact) mass is 218 g/mol. The summed E-state index contributed by atoms with van der Waals surface area (Å²) >= 11 is 0. The van der Waals surface area contributed by atoms with Crippen molar-refractivity contribution in [1.82, 2.24) is 20.3 Å². The number of nitrogens with zero attached hydrogens (tertiary/aromatic N) is 3. The van der Waals surface area contributed by atoms with Crippen LogP contribution in [-0.2, 0) is 0 Å². The fourth-order valence-corrected chi connectivity index (χ4v) is 1.42. The minimum Gasteiger partial charge on any atom is -0.476 e. The molecule has 2 heterocycles. The summed E-state index contributed by atoms with van der Waals surface area (Å²) in [4.78, 5) is 10.5. The number of hydrogen-bond acceptors (Lipinski definition) is 4. The molecular weight excluding hydrogens is 208 g/mol. The predicted octanol–water partition coefficient (Wildman–Crippen LogP) is -0.0675. The van der Waals surface area contributed by atoms with Crippen molar-refractivity contribution in [1.29, 1.82) is 0 Å². The van der Waals surface area contributed by atoms with Gasteiger partial charge >= 0.3 is 5.97 Å². The van der Waals surface area contributed by atoms with Gasteiger partial charge in [-0.25, -0.2) is 9.48 Å². The lowest BCUT2D eigenvalue weighted by atomic mass is 10.3. The average molecular weight is 219 g/mol. The summed E-state index contributed by atoms with van der Waals surface area (Å²) in [5.74, 6) is -1.03. The van der Waals surface area contributed by atoms with Crippen molar-refractivity contribution in [2.45, 2.75) is 12.5 Å². The summed E-state index contributed by atoms with van der Waals surface area (Å²) in [6, 6.07) is 0.251. The molecule has 1 aromatic rings. The van der Waals surface area contributed by atoms with Gasteiger partial charge in [0.1, 0.15) is 0 Å². The van der Waals surface area contributed by atoms with Crippen LogP contribution in [0.15, 0.2) is 6.20 Å². The lowest BCUT2D eigenvalue weighted by Gasteiger charge is -2.05. The Kier molecular flexibility index (Phi) is 3.43. The molecule has 2 N–H and O–H groups in total. The highest BCUT2D eigenvalue weighted by molar-refractivity contribution is 5.85. The van der Waals surface area contributed by atoms with Gasteiger partial charge < -0.3 is 10.4 Å². The van der Waals surface area contributed by atoms with Crippen LogP contribution in [0.2, 0.25) is 0 Å². The third-order valence-electron chi connectivity index (χ3n) is 2.14. The number of carboxylic acids is 1. The van der Waals surface area contributed by atoms with Crippen molar-refractivity contribution >= 4 is 18.4 Å². The van der Waals surface area contributed by atoms with Crippen LogP contribution in [0, 0.1) is 0 Å². The van der Waals surface area contributed by atoms with E-state index >= 15 is 0 Å². The Morgan fingerprint density at radius 3 is 3.00 bits per heavy atom. The molecule has 0 aromatic carbocycles. The number of aromatic carboxylic acids is 1. The van der Waals surface area contributed by atoms with Crippen LogP contribution >= 0.6 is 12.4 Å². The van der Waals surface area contributed by atoms with E-state index < -0.39 is 5.97 Å². The second-order valence-corrected chi connectivity index (χ2v) is 3.04. The first-order valence-corrected chi connectivity index (χ1v) is 4.13. The Labute approximate surface area is 86.7 Å². The van der Waals surface area contributed by atoms with Gasteiger partial charge in [-0.1, -0.05) is 5.21 Å². The first-order valence-electron chi connectivity index (χ1n) is 4.13. The van der Waals surface area contributed by atoms with E-state index in [4.69, 9.17) is 5.11 Å². The zero-order chi connectivity index (χ0) is 9.26. The van der Waals surface area contributed by atoms with Crippen molar-refractivity contribution in [3.63, 3.8) is 0 Å². The van der Waals surface area contributed by atoms with Gasteiger partial charge in [0.15, 0.2) is 5.69 Å². The lowest BCUT2D eigenvalue weighted by Crippen LogP contribution is -2.13. The summed E-state index contributed by atoms with van der Waals surface area (Å²) < 4.78 is 1.61. The second-order valence-electron chi connectivity index (χ2n) is 3.04. The van der Waals surface area contributed by atoms with Crippen molar-refractivity contribution in [2.75, 3.05) is 13.1 Å². The third kappa shape index (κ3) is 2.02. The molecule has 0 aliphatic carbocycles. The van der Waals surface area contributed by atoms with E-state index in [1.54, 1.807) is 4.68 Å². The van der Waals surface area contributed by atoms with Crippen molar-refractivity contribution in [3.05, 3.63) is 11.9 Å². The quantitative estimate of drug-likeness (QED) is 0.727. The van der Waals surface area contributed by atoms with E-state index in [9.17, 15) is 4.79 Å². The smallest absolute Gasteiger partial charge is 0.358 e. The van der Waals surface area contributed by atoms with Crippen LogP contribution in [0.4, 0.5) is 0 Å². The first kappa shape index (κ1) is 10.9. The predicted molar refractivity (Wildman–Crippen MR) is 50.8 cm³/mol. The van der Waals surface area contributed by atoms with E-state index in [0.717, 1.165) is 19.5 Å². The van der Waals surface area contributed by atoms with E-state index in [2.05, 4.69) is 15.6 Å². The molecule has 1 fully saturated rings. The van der Waals surface area contributed by atoms with Gasteiger partial charge in [-0.3, -0.25) is 0 Å². The molecule has 1 aromatic heterocycles. The molecular formula is C7H11ClN4O2. The number of carbonyl (C=O) groups is 1. The van der Waals surface area contributed by atoms with Crippen molar-refractivity contribution in [3.8, 4) is 0 Å². The molecule has 7 heteroatoms. The average Bonchev–Trinajstić information content (AvgIpc) is 2.75. The minimum atomic E-state index is -1.03. The first-order chi connectivity index (χ1) is 6.27. The fourth-order valence-electron chi connectivity index (χ4n) is 1.42. The van der Waals surface area contributed by atoms with Crippen molar-refractivity contribution < 1.29 is 9.90 Å². The fraction of sp³-hybridized carbons (Fsp3) is 0.571. The Hall–Kier alpha value is -1.14. The molecule has 1 saturated heterocycles. The van der Waals surface area contributed by atoms with Crippen LogP contribution < -0.4 is 5.32 Å². The van der Waals surface area contributed by atoms with E-state index in [-0.39, 0.29) is 24.1 Å². The molecule has 1 aliphatic heterocycles. The molecule has 14 heavy (non-hydrogen) atoms. The summed E-state index contributed by atoms with van der Waals surface area (Å²) in [7, 11) is 0. The highest BCUT2D eigenvalue weighted by Crippen LogP contribution is 2.13. The van der Waals surface area contributed by atoms with Gasteiger partial charge in [0, 0.05) is 6.54 Å². The topological polar surface area (TPSA) is 80.0 Å². The zero-order valence-electron chi connectivity index (χ0n) is 7.38. The minimum absolute atomic E-state index is 0. The molecule has 0 bridgehead atoms. The van der Waals surface area contributed by atoms with E-state index in [1.165, 1.54) is 6.20 Å². The largest absolute Gasteiger partial charge is 0.476 e. The standard InChI is InChI=1S/C7H10N4O2.ClH/c12-7(13)6-4-11(10-9-6)5-1-2-8-3-5;/h4-5,8H,1-3H2,(H,12,13);1H. The Morgan fingerprint density at radius 2 is 2.50 bits per heavy atom. The van der Waals surface area contributed by atoms with Gasteiger partial charge in [-0.05, 0) is 13.0 Å². The molecule has 0 amide bonds. The highest BCUT2D eigenvalue weighted by atomic mass is 35.5. The van der Waals surface area contributed by atoms with Crippen LogP contribution in [0.5, 0.6) is 0 Å². The summed E-state index contributed by atoms with van der Waals surface area (Å²) in [6.07, 6.45) is 2.45. The van der Waals surface area contributed by atoms with Gasteiger partial charge in [0.05, 0.1) is 12.2 Å². The molecule has 0 saturated carbocycles. The van der Waals surface area contributed by atoms with Gasteiger partial charge in [-0.15, -0.1) is 17.5 Å². The maximum absolute atomic E-state index is 10.5. The van der Waals surface area contributed by atoms with Crippen molar-refractivity contribution in [2.24, 2.45) is 0 Å². The zero-order valence-corrected chi connectivity index (χ0v) is 8.20. The Morgan fingerprint density at radius 1 is 1.71 bits per heavy atom. The SMILES string of the molecule is Cl.O=C(O)c1cn(C2CCNC2)nn1. The normalized spacial score (nSPS) is 20.4. The summed E-state index contributed by atoms with van der Waals surface area (Å²) in [5.41, 5.74) is 0.00639. The lowest BCUT2D eigenvalue weighted by molar-refractivity contribution is 0.0690. The molecule has 78 valence electrons. The maximum atomic E-state index is 10.5. The molecule has 1 atom stereocenters. The van der Waals surface area contributed by atoms with E-state index in [1.807, 2.05) is 0 Å². The molecule has 6 nitrogen and oxygen atoms in total.